The average molecular weight is 252 g/mol. The molecule has 0 heterocycles. The molecule has 1 aromatic carbocycles. The Hall–Kier alpha value is -1.75. The summed E-state index contributed by atoms with van der Waals surface area (Å²) in [6.07, 6.45) is 0.161. The number of anilines is 1. The number of amides is 1. The van der Waals surface area contributed by atoms with Crippen molar-refractivity contribution in [2.24, 2.45) is 0 Å². The highest BCUT2D eigenvalue weighted by molar-refractivity contribution is 5.95. The van der Waals surface area contributed by atoms with Gasteiger partial charge in [-0.2, -0.15) is 0 Å². The van der Waals surface area contributed by atoms with Gasteiger partial charge in [-0.15, -0.1) is 0 Å². The van der Waals surface area contributed by atoms with Gasteiger partial charge in [-0.3, -0.25) is 4.79 Å². The molecule has 0 saturated heterocycles. The molecule has 5 nitrogen and oxygen atoms in total. The molecule has 0 bridgehead atoms. The van der Waals surface area contributed by atoms with E-state index in [4.69, 9.17) is 15.2 Å². The molecule has 0 aliphatic rings. The Kier molecular flexibility index (Phi) is 5.45. The summed E-state index contributed by atoms with van der Waals surface area (Å²) in [5, 5.41) is 2.76. The van der Waals surface area contributed by atoms with Crippen molar-refractivity contribution in [1.29, 1.82) is 0 Å². The van der Waals surface area contributed by atoms with Gasteiger partial charge in [0.25, 0.3) is 5.91 Å². The van der Waals surface area contributed by atoms with Crippen molar-refractivity contribution in [3.05, 3.63) is 23.8 Å². The smallest absolute Gasteiger partial charge is 0.251 e. The highest BCUT2D eigenvalue weighted by Crippen LogP contribution is 2.18. The molecule has 0 atom stereocenters. The second-order valence-corrected chi connectivity index (χ2v) is 4.17. The highest BCUT2D eigenvalue weighted by atomic mass is 16.5. The second kappa shape index (κ2) is 6.86. The molecule has 0 spiro atoms. The summed E-state index contributed by atoms with van der Waals surface area (Å²) in [7, 11) is 1.53. The largest absolute Gasteiger partial charge is 0.497 e. The van der Waals surface area contributed by atoms with Crippen LogP contribution in [0.1, 0.15) is 24.2 Å². The van der Waals surface area contributed by atoms with Crippen molar-refractivity contribution in [1.82, 2.24) is 5.32 Å². The van der Waals surface area contributed by atoms with Crippen LogP contribution in [0, 0.1) is 0 Å². The summed E-state index contributed by atoms with van der Waals surface area (Å²) in [6, 6.07) is 4.93. The van der Waals surface area contributed by atoms with E-state index in [-0.39, 0.29) is 12.0 Å². The Labute approximate surface area is 107 Å². The molecule has 3 N–H and O–H groups in total. The van der Waals surface area contributed by atoms with Gasteiger partial charge < -0.3 is 20.5 Å². The van der Waals surface area contributed by atoms with Gasteiger partial charge in [0.1, 0.15) is 5.75 Å². The van der Waals surface area contributed by atoms with Gasteiger partial charge in [-0.1, -0.05) is 0 Å². The van der Waals surface area contributed by atoms with Gasteiger partial charge in [0.15, 0.2) is 0 Å². The number of nitrogen functional groups attached to an aromatic ring is 1. The SMILES string of the molecule is COc1cc(N)cc(C(=O)NCCOC(C)C)c1. The van der Waals surface area contributed by atoms with Crippen molar-refractivity contribution in [2.45, 2.75) is 20.0 Å². The van der Waals surface area contributed by atoms with Gasteiger partial charge in [-0.25, -0.2) is 0 Å². The molecule has 0 aliphatic carbocycles. The van der Waals surface area contributed by atoms with Crippen molar-refractivity contribution in [3.8, 4) is 5.75 Å². The normalized spacial score (nSPS) is 10.4. The highest BCUT2D eigenvalue weighted by Gasteiger charge is 2.07. The maximum absolute atomic E-state index is 11.8. The van der Waals surface area contributed by atoms with E-state index in [1.54, 1.807) is 18.2 Å². The predicted molar refractivity (Wildman–Crippen MR) is 70.8 cm³/mol. The minimum Gasteiger partial charge on any atom is -0.497 e. The summed E-state index contributed by atoms with van der Waals surface area (Å²) in [5.41, 5.74) is 6.66. The van der Waals surface area contributed by atoms with Gasteiger partial charge in [0, 0.05) is 23.9 Å². The molecule has 1 aromatic rings. The summed E-state index contributed by atoms with van der Waals surface area (Å²) in [6.45, 7) is 4.85. The maximum Gasteiger partial charge on any atom is 0.251 e. The zero-order valence-corrected chi connectivity index (χ0v) is 11.0. The first-order chi connectivity index (χ1) is 8.52. The Balaban J connectivity index is 2.53. The Morgan fingerprint density at radius 1 is 1.39 bits per heavy atom. The van der Waals surface area contributed by atoms with Crippen LogP contribution in [-0.4, -0.2) is 32.3 Å². The average Bonchev–Trinajstić information content (AvgIpc) is 2.33. The third-order valence-corrected chi connectivity index (χ3v) is 2.27. The summed E-state index contributed by atoms with van der Waals surface area (Å²) in [4.78, 5) is 11.8. The number of methoxy groups -OCH3 is 1. The van der Waals surface area contributed by atoms with Crippen molar-refractivity contribution < 1.29 is 14.3 Å². The second-order valence-electron chi connectivity index (χ2n) is 4.17. The first-order valence-corrected chi connectivity index (χ1v) is 5.87. The number of nitrogens with two attached hydrogens (primary N) is 1. The summed E-state index contributed by atoms with van der Waals surface area (Å²) >= 11 is 0. The van der Waals surface area contributed by atoms with Crippen LogP contribution < -0.4 is 15.8 Å². The van der Waals surface area contributed by atoms with E-state index in [1.807, 2.05) is 13.8 Å². The lowest BCUT2D eigenvalue weighted by molar-refractivity contribution is 0.0746. The van der Waals surface area contributed by atoms with Crippen molar-refractivity contribution >= 4 is 11.6 Å². The van der Waals surface area contributed by atoms with Crippen LogP contribution >= 0.6 is 0 Å². The number of hydrogen-bond donors (Lipinski definition) is 2. The topological polar surface area (TPSA) is 73.6 Å². The Morgan fingerprint density at radius 3 is 2.72 bits per heavy atom. The Bertz CT molecular complexity index is 405. The lowest BCUT2D eigenvalue weighted by atomic mass is 10.2. The third kappa shape index (κ3) is 4.63. The van der Waals surface area contributed by atoms with Gasteiger partial charge in [-0.05, 0) is 26.0 Å². The number of hydrogen-bond acceptors (Lipinski definition) is 4. The molecule has 0 aliphatic heterocycles. The quantitative estimate of drug-likeness (QED) is 0.593. The maximum atomic E-state index is 11.8. The van der Waals surface area contributed by atoms with Crippen molar-refractivity contribution in [3.63, 3.8) is 0 Å². The number of rotatable bonds is 6. The molecule has 0 radical (unpaired) electrons. The molecule has 0 unspecified atom stereocenters. The lowest BCUT2D eigenvalue weighted by Crippen LogP contribution is -2.28. The summed E-state index contributed by atoms with van der Waals surface area (Å²) in [5.74, 6) is 0.381. The fraction of sp³-hybridized carbons (Fsp3) is 0.462. The number of benzene rings is 1. The predicted octanol–water partition coefficient (Wildman–Crippen LogP) is 1.43. The molecule has 100 valence electrons. The van der Waals surface area contributed by atoms with Crippen LogP contribution in [0.5, 0.6) is 5.75 Å². The van der Waals surface area contributed by atoms with E-state index in [1.165, 1.54) is 7.11 Å². The molecule has 0 saturated carbocycles. The fourth-order valence-corrected chi connectivity index (χ4v) is 1.43. The van der Waals surface area contributed by atoms with E-state index >= 15 is 0 Å². The molecule has 0 fully saturated rings. The number of carbonyl (C=O) groups excluding carboxylic acids is 1. The first-order valence-electron chi connectivity index (χ1n) is 5.87. The van der Waals surface area contributed by atoms with Crippen LogP contribution in [0.2, 0.25) is 0 Å². The minimum absolute atomic E-state index is 0.161. The van der Waals surface area contributed by atoms with E-state index in [0.29, 0.717) is 30.2 Å². The van der Waals surface area contributed by atoms with Crippen LogP contribution in [-0.2, 0) is 4.74 Å². The van der Waals surface area contributed by atoms with E-state index in [2.05, 4.69) is 5.32 Å². The third-order valence-electron chi connectivity index (χ3n) is 2.27. The summed E-state index contributed by atoms with van der Waals surface area (Å²) < 4.78 is 10.4. The standard InChI is InChI=1S/C13H20N2O3/c1-9(2)18-5-4-15-13(16)10-6-11(14)8-12(7-10)17-3/h6-9H,4-5,14H2,1-3H3,(H,15,16). The molecule has 5 heteroatoms. The zero-order chi connectivity index (χ0) is 13.5. The molecule has 1 rings (SSSR count). The monoisotopic (exact) mass is 252 g/mol. The van der Waals surface area contributed by atoms with Crippen LogP contribution in [0.3, 0.4) is 0 Å². The number of ether oxygens (including phenoxy) is 2. The van der Waals surface area contributed by atoms with Gasteiger partial charge in [0.05, 0.1) is 19.8 Å². The van der Waals surface area contributed by atoms with Crippen molar-refractivity contribution in [2.75, 3.05) is 26.0 Å². The number of carbonyl (C=O) groups is 1. The number of nitrogens with one attached hydrogen (secondary N) is 1. The van der Waals surface area contributed by atoms with Gasteiger partial charge in [0.2, 0.25) is 0 Å². The van der Waals surface area contributed by atoms with Crippen LogP contribution in [0.4, 0.5) is 5.69 Å². The molecule has 1 amide bonds. The molecule has 0 aromatic heterocycles. The van der Waals surface area contributed by atoms with Gasteiger partial charge >= 0.3 is 0 Å². The first kappa shape index (κ1) is 14.3. The molecular weight excluding hydrogens is 232 g/mol. The Morgan fingerprint density at radius 2 is 2.11 bits per heavy atom. The zero-order valence-electron chi connectivity index (χ0n) is 11.0. The fourth-order valence-electron chi connectivity index (χ4n) is 1.43. The minimum atomic E-state index is -0.187. The molecular formula is C13H20N2O3. The van der Waals surface area contributed by atoms with E-state index < -0.39 is 0 Å². The van der Waals surface area contributed by atoms with E-state index in [0.717, 1.165) is 0 Å². The van der Waals surface area contributed by atoms with Crippen LogP contribution in [0.25, 0.3) is 0 Å². The molecule has 18 heavy (non-hydrogen) atoms. The lowest BCUT2D eigenvalue weighted by Gasteiger charge is -2.10. The van der Waals surface area contributed by atoms with Crippen LogP contribution in [0.15, 0.2) is 18.2 Å². The van der Waals surface area contributed by atoms with E-state index in [9.17, 15) is 4.79 Å².